The zero-order chi connectivity index (χ0) is 15.5. The van der Waals surface area contributed by atoms with Crippen LogP contribution in [0.3, 0.4) is 0 Å². The minimum Gasteiger partial charge on any atom is -0.459 e. The molecule has 3 heterocycles. The summed E-state index contributed by atoms with van der Waals surface area (Å²) in [6.45, 7) is 4.20. The van der Waals surface area contributed by atoms with Crippen molar-refractivity contribution in [3.63, 3.8) is 0 Å². The first-order valence-corrected chi connectivity index (χ1v) is 7.61. The van der Waals surface area contributed by atoms with Crippen LogP contribution >= 0.6 is 11.3 Å². The lowest BCUT2D eigenvalue weighted by Crippen LogP contribution is -2.24. The number of aromatic nitrogens is 2. The van der Waals surface area contributed by atoms with Gasteiger partial charge in [0.05, 0.1) is 24.9 Å². The molecule has 0 saturated heterocycles. The first kappa shape index (κ1) is 14.5. The molecule has 0 aliphatic heterocycles. The fraction of sp³-hybridized carbons (Fsp3) is 0.267. The van der Waals surface area contributed by atoms with Crippen LogP contribution in [-0.4, -0.2) is 15.9 Å². The maximum absolute atomic E-state index is 12.0. The van der Waals surface area contributed by atoms with Gasteiger partial charge in [-0.25, -0.2) is 9.97 Å². The molecule has 114 valence electrons. The van der Waals surface area contributed by atoms with E-state index in [9.17, 15) is 4.79 Å². The van der Waals surface area contributed by atoms with Crippen LogP contribution in [0.15, 0.2) is 33.4 Å². The summed E-state index contributed by atoms with van der Waals surface area (Å²) < 4.78 is 10.8. The number of hydrogen-bond donors (Lipinski definition) is 1. The first-order chi connectivity index (χ1) is 10.6. The molecule has 0 fully saturated rings. The molecule has 3 aromatic rings. The summed E-state index contributed by atoms with van der Waals surface area (Å²) in [5.74, 6) is 1.44. The zero-order valence-corrected chi connectivity index (χ0v) is 13.1. The molecule has 0 aliphatic rings. The lowest BCUT2D eigenvalue weighted by atomic mass is 10.2. The molecule has 1 N–H and O–H groups in total. The van der Waals surface area contributed by atoms with Gasteiger partial charge < -0.3 is 14.2 Å². The second-order valence-corrected chi connectivity index (χ2v) is 6.14. The SMILES string of the molecule is Cc1cnc(CNC(=O)Cc2nc(-c3ccco3)oc2C)s1. The number of amides is 1. The molecule has 1 amide bonds. The molecule has 22 heavy (non-hydrogen) atoms. The van der Waals surface area contributed by atoms with Crippen molar-refractivity contribution < 1.29 is 13.6 Å². The van der Waals surface area contributed by atoms with E-state index in [-0.39, 0.29) is 12.3 Å². The van der Waals surface area contributed by atoms with Crippen LogP contribution in [0.1, 0.15) is 21.3 Å². The normalized spacial score (nSPS) is 10.8. The highest BCUT2D eigenvalue weighted by atomic mass is 32.1. The highest BCUT2D eigenvalue weighted by molar-refractivity contribution is 7.11. The number of carbonyl (C=O) groups excluding carboxylic acids is 1. The largest absolute Gasteiger partial charge is 0.459 e. The van der Waals surface area contributed by atoms with Gasteiger partial charge in [-0.2, -0.15) is 0 Å². The van der Waals surface area contributed by atoms with E-state index in [1.807, 2.05) is 6.92 Å². The first-order valence-electron chi connectivity index (χ1n) is 6.80. The van der Waals surface area contributed by atoms with Crippen molar-refractivity contribution in [3.8, 4) is 11.7 Å². The number of hydrogen-bond acceptors (Lipinski definition) is 6. The maximum atomic E-state index is 12.0. The van der Waals surface area contributed by atoms with Crippen molar-refractivity contribution in [1.82, 2.24) is 15.3 Å². The molecule has 3 rings (SSSR count). The van der Waals surface area contributed by atoms with Gasteiger partial charge in [-0.15, -0.1) is 11.3 Å². The van der Waals surface area contributed by atoms with Crippen molar-refractivity contribution in [2.45, 2.75) is 26.8 Å². The van der Waals surface area contributed by atoms with Gasteiger partial charge in [-0.3, -0.25) is 4.79 Å². The van der Waals surface area contributed by atoms with Crippen molar-refractivity contribution >= 4 is 17.2 Å². The predicted molar refractivity (Wildman–Crippen MR) is 81.3 cm³/mol. The Morgan fingerprint density at radius 3 is 2.95 bits per heavy atom. The van der Waals surface area contributed by atoms with Gasteiger partial charge in [-0.05, 0) is 26.0 Å². The van der Waals surface area contributed by atoms with Crippen molar-refractivity contribution in [1.29, 1.82) is 0 Å². The third-order valence-corrected chi connectivity index (χ3v) is 3.97. The van der Waals surface area contributed by atoms with E-state index in [1.54, 1.807) is 42.9 Å². The number of nitrogens with zero attached hydrogens (tertiary/aromatic N) is 2. The van der Waals surface area contributed by atoms with Gasteiger partial charge in [0.2, 0.25) is 5.91 Å². The minimum absolute atomic E-state index is 0.116. The number of aryl methyl sites for hydroxylation is 2. The van der Waals surface area contributed by atoms with Gasteiger partial charge in [0.15, 0.2) is 5.76 Å². The average Bonchev–Trinajstić information content (AvgIpc) is 3.19. The zero-order valence-electron chi connectivity index (χ0n) is 12.3. The van der Waals surface area contributed by atoms with E-state index in [0.29, 0.717) is 29.6 Å². The summed E-state index contributed by atoms with van der Waals surface area (Å²) in [7, 11) is 0. The minimum atomic E-state index is -0.116. The predicted octanol–water partition coefficient (Wildman–Crippen LogP) is 2.87. The second-order valence-electron chi connectivity index (χ2n) is 4.82. The van der Waals surface area contributed by atoms with Crippen molar-refractivity contribution in [2.75, 3.05) is 0 Å². The van der Waals surface area contributed by atoms with Gasteiger partial charge in [0.1, 0.15) is 10.8 Å². The molecule has 0 unspecified atom stereocenters. The molecule has 0 aromatic carbocycles. The lowest BCUT2D eigenvalue weighted by Gasteiger charge is -2.01. The third kappa shape index (κ3) is 3.25. The number of thiazole rings is 1. The molecule has 0 bridgehead atoms. The molecule has 0 radical (unpaired) electrons. The van der Waals surface area contributed by atoms with Crippen LogP contribution in [-0.2, 0) is 17.8 Å². The van der Waals surface area contributed by atoms with Crippen LogP contribution in [0.4, 0.5) is 0 Å². The monoisotopic (exact) mass is 317 g/mol. The van der Waals surface area contributed by atoms with Gasteiger partial charge >= 0.3 is 0 Å². The van der Waals surface area contributed by atoms with Crippen LogP contribution in [0.2, 0.25) is 0 Å². The second kappa shape index (κ2) is 6.15. The summed E-state index contributed by atoms with van der Waals surface area (Å²) in [6.07, 6.45) is 3.52. The number of nitrogens with one attached hydrogen (secondary N) is 1. The maximum Gasteiger partial charge on any atom is 0.263 e. The van der Waals surface area contributed by atoms with Crippen LogP contribution in [0.5, 0.6) is 0 Å². The smallest absolute Gasteiger partial charge is 0.263 e. The Labute approximate surface area is 131 Å². The van der Waals surface area contributed by atoms with Gasteiger partial charge in [0, 0.05) is 11.1 Å². The third-order valence-electron chi connectivity index (χ3n) is 3.06. The van der Waals surface area contributed by atoms with Gasteiger partial charge in [-0.1, -0.05) is 0 Å². The Kier molecular flexibility index (Phi) is 4.06. The Bertz CT molecular complexity index is 774. The Balaban J connectivity index is 1.61. The van der Waals surface area contributed by atoms with E-state index in [4.69, 9.17) is 8.83 Å². The van der Waals surface area contributed by atoms with Crippen LogP contribution in [0, 0.1) is 13.8 Å². The fourth-order valence-corrected chi connectivity index (χ4v) is 2.70. The summed E-state index contributed by atoms with van der Waals surface area (Å²) in [5, 5.41) is 3.72. The highest BCUT2D eigenvalue weighted by Gasteiger charge is 2.16. The van der Waals surface area contributed by atoms with Gasteiger partial charge in [0.25, 0.3) is 5.89 Å². The quantitative estimate of drug-likeness (QED) is 0.782. The molecular formula is C15H15N3O3S. The molecule has 3 aromatic heterocycles. The highest BCUT2D eigenvalue weighted by Crippen LogP contribution is 2.22. The van der Waals surface area contributed by atoms with E-state index >= 15 is 0 Å². The number of oxazole rings is 1. The molecular weight excluding hydrogens is 302 g/mol. The average molecular weight is 317 g/mol. The summed E-state index contributed by atoms with van der Waals surface area (Å²) >= 11 is 1.57. The fourth-order valence-electron chi connectivity index (χ4n) is 1.97. The molecule has 0 spiro atoms. The number of rotatable bonds is 5. The molecule has 7 heteroatoms. The van der Waals surface area contributed by atoms with Crippen molar-refractivity contribution in [3.05, 3.63) is 45.9 Å². The Morgan fingerprint density at radius 2 is 2.27 bits per heavy atom. The van der Waals surface area contributed by atoms with E-state index < -0.39 is 0 Å². The summed E-state index contributed by atoms with van der Waals surface area (Å²) in [5.41, 5.74) is 0.610. The molecule has 0 atom stereocenters. The van der Waals surface area contributed by atoms with E-state index in [1.165, 1.54) is 0 Å². The van der Waals surface area contributed by atoms with Crippen LogP contribution < -0.4 is 5.32 Å². The molecule has 0 aliphatic carbocycles. The summed E-state index contributed by atoms with van der Waals surface area (Å²) in [6, 6.07) is 3.52. The molecule has 0 saturated carbocycles. The lowest BCUT2D eigenvalue weighted by molar-refractivity contribution is -0.120. The Morgan fingerprint density at radius 1 is 1.41 bits per heavy atom. The Hall–Kier alpha value is -2.41. The topological polar surface area (TPSA) is 81.2 Å². The standard InChI is InChI=1S/C15H15N3O3S/c1-9-7-17-14(22-9)8-16-13(19)6-11-10(2)21-15(18-11)12-4-3-5-20-12/h3-5,7H,6,8H2,1-2H3,(H,16,19). The number of furan rings is 1. The van der Waals surface area contributed by atoms with E-state index in [0.717, 1.165) is 9.88 Å². The number of carbonyl (C=O) groups is 1. The van der Waals surface area contributed by atoms with Crippen molar-refractivity contribution in [2.24, 2.45) is 0 Å². The molecule has 6 nitrogen and oxygen atoms in total. The van der Waals surface area contributed by atoms with Crippen LogP contribution in [0.25, 0.3) is 11.7 Å². The van der Waals surface area contributed by atoms with E-state index in [2.05, 4.69) is 15.3 Å². The summed E-state index contributed by atoms with van der Waals surface area (Å²) in [4.78, 5) is 21.7.